The van der Waals surface area contributed by atoms with Crippen LogP contribution in [-0.4, -0.2) is 33.9 Å². The van der Waals surface area contributed by atoms with Gasteiger partial charge in [-0.05, 0) is 73.0 Å². The highest BCUT2D eigenvalue weighted by Crippen LogP contribution is 2.43. The Bertz CT molecular complexity index is 1460. The molecule has 1 aliphatic heterocycles. The molecule has 5 nitrogen and oxygen atoms in total. The number of hydrogen-bond donors (Lipinski definition) is 0. The third kappa shape index (κ3) is 4.14. The third-order valence-corrected chi connectivity index (χ3v) is 7.54. The molecule has 1 aliphatic carbocycles. The van der Waals surface area contributed by atoms with E-state index < -0.39 is 0 Å². The number of carbonyl (C=O) groups excluding carboxylic acids is 2. The van der Waals surface area contributed by atoms with Gasteiger partial charge in [-0.1, -0.05) is 57.9 Å². The zero-order valence-corrected chi connectivity index (χ0v) is 21.7. The highest BCUT2D eigenvalue weighted by atomic mass is 79.9. The average Bonchev–Trinajstić information content (AvgIpc) is 3.61. The Balaban J connectivity index is 1.41. The number of rotatable bonds is 5. The molecule has 1 atom stereocenters. The van der Waals surface area contributed by atoms with Gasteiger partial charge in [-0.3, -0.25) is 14.5 Å². The van der Waals surface area contributed by atoms with Gasteiger partial charge in [-0.25, -0.2) is 0 Å². The standard InChI is InChI=1S/C29H23BrClN3O2/c30-21-6-3-5-20(17-21)29(36)33(23-14-15-23)18-27(35)34-25-8-2-1-7-24(25)32-16-4-9-26(32)28(34)19-10-12-22(31)13-11-19/h1-13,16-17,23,28H,14-15,18H2. The van der Waals surface area contributed by atoms with E-state index in [1.54, 1.807) is 11.0 Å². The summed E-state index contributed by atoms with van der Waals surface area (Å²) in [6.45, 7) is 0.00907. The molecule has 1 unspecified atom stereocenters. The number of aromatic nitrogens is 1. The van der Waals surface area contributed by atoms with Gasteiger partial charge in [0.1, 0.15) is 12.6 Å². The first kappa shape index (κ1) is 23.1. The molecule has 2 aliphatic rings. The van der Waals surface area contributed by atoms with Crippen LogP contribution in [-0.2, 0) is 4.79 Å². The van der Waals surface area contributed by atoms with E-state index in [9.17, 15) is 9.59 Å². The van der Waals surface area contributed by atoms with E-state index >= 15 is 0 Å². The minimum atomic E-state index is -0.346. The number of fused-ring (bicyclic) bond motifs is 3. The normalized spacial score (nSPS) is 16.3. The summed E-state index contributed by atoms with van der Waals surface area (Å²) < 4.78 is 2.97. The van der Waals surface area contributed by atoms with Gasteiger partial charge in [0.05, 0.1) is 17.1 Å². The van der Waals surface area contributed by atoms with Crippen LogP contribution in [0, 0.1) is 0 Å². The Morgan fingerprint density at radius 2 is 1.67 bits per heavy atom. The molecular formula is C29H23BrClN3O2. The predicted molar refractivity (Wildman–Crippen MR) is 145 cm³/mol. The van der Waals surface area contributed by atoms with Gasteiger partial charge in [0.2, 0.25) is 5.91 Å². The SMILES string of the molecule is O=C(c1cccc(Br)c1)N(CC(=O)N1c2ccccc2-n2cccc2C1c1ccc(Cl)cc1)C1CC1. The van der Waals surface area contributed by atoms with Crippen LogP contribution in [0.15, 0.2) is 95.6 Å². The Hall–Kier alpha value is -3.35. The first-order valence-electron chi connectivity index (χ1n) is 11.9. The second kappa shape index (κ2) is 9.26. The lowest BCUT2D eigenvalue weighted by atomic mass is 9.97. The molecule has 0 radical (unpaired) electrons. The fraction of sp³-hybridized carbons (Fsp3) is 0.172. The zero-order valence-electron chi connectivity index (χ0n) is 19.4. The minimum absolute atomic E-state index is 0.00907. The van der Waals surface area contributed by atoms with E-state index in [2.05, 4.69) is 20.5 Å². The van der Waals surface area contributed by atoms with Crippen molar-refractivity contribution < 1.29 is 9.59 Å². The van der Waals surface area contributed by atoms with Crippen molar-refractivity contribution in [1.82, 2.24) is 9.47 Å². The lowest BCUT2D eigenvalue weighted by Crippen LogP contribution is -2.47. The summed E-state index contributed by atoms with van der Waals surface area (Å²) in [5.41, 5.74) is 4.27. The molecule has 180 valence electrons. The summed E-state index contributed by atoms with van der Waals surface area (Å²) in [6.07, 6.45) is 3.84. The molecule has 2 heterocycles. The Morgan fingerprint density at radius 1 is 0.917 bits per heavy atom. The molecule has 0 saturated heterocycles. The van der Waals surface area contributed by atoms with E-state index in [1.165, 1.54) is 0 Å². The maximum atomic E-state index is 14.2. The van der Waals surface area contributed by atoms with E-state index in [0.29, 0.717) is 10.6 Å². The summed E-state index contributed by atoms with van der Waals surface area (Å²) >= 11 is 9.65. The van der Waals surface area contributed by atoms with Gasteiger partial charge >= 0.3 is 0 Å². The number of anilines is 1. The second-order valence-electron chi connectivity index (χ2n) is 9.18. The maximum Gasteiger partial charge on any atom is 0.254 e. The first-order chi connectivity index (χ1) is 17.5. The quantitative estimate of drug-likeness (QED) is 0.275. The van der Waals surface area contributed by atoms with Crippen LogP contribution in [0.2, 0.25) is 5.02 Å². The molecule has 0 N–H and O–H groups in total. The minimum Gasteiger partial charge on any atom is -0.326 e. The van der Waals surface area contributed by atoms with E-state index in [1.807, 2.05) is 90.0 Å². The molecule has 1 aromatic heterocycles. The van der Waals surface area contributed by atoms with Gasteiger partial charge in [0.15, 0.2) is 0 Å². The average molecular weight is 561 g/mol. The highest BCUT2D eigenvalue weighted by molar-refractivity contribution is 9.10. The van der Waals surface area contributed by atoms with Crippen LogP contribution < -0.4 is 4.90 Å². The lowest BCUT2D eigenvalue weighted by molar-refractivity contribution is -0.119. The Labute approximate surface area is 223 Å². The van der Waals surface area contributed by atoms with Gasteiger partial charge in [-0.15, -0.1) is 0 Å². The number of hydrogen-bond acceptors (Lipinski definition) is 2. The topological polar surface area (TPSA) is 45.6 Å². The largest absolute Gasteiger partial charge is 0.326 e. The predicted octanol–water partition coefficient (Wildman–Crippen LogP) is 6.63. The van der Waals surface area contributed by atoms with Crippen molar-refractivity contribution in [1.29, 1.82) is 0 Å². The highest BCUT2D eigenvalue weighted by Gasteiger charge is 2.40. The Kier molecular flexibility index (Phi) is 5.94. The summed E-state index contributed by atoms with van der Waals surface area (Å²) in [5, 5.41) is 0.641. The molecular weight excluding hydrogens is 538 g/mol. The molecule has 1 fully saturated rings. The van der Waals surface area contributed by atoms with Gasteiger partial charge < -0.3 is 9.47 Å². The van der Waals surface area contributed by atoms with Crippen molar-refractivity contribution in [3.8, 4) is 5.69 Å². The number of amides is 2. The van der Waals surface area contributed by atoms with Crippen molar-refractivity contribution in [2.45, 2.75) is 24.9 Å². The monoisotopic (exact) mass is 559 g/mol. The molecule has 4 aromatic rings. The second-order valence-corrected chi connectivity index (χ2v) is 10.5. The van der Waals surface area contributed by atoms with Crippen molar-refractivity contribution in [3.05, 3.63) is 117 Å². The number of carbonyl (C=O) groups is 2. The molecule has 0 spiro atoms. The van der Waals surface area contributed by atoms with Crippen molar-refractivity contribution in [2.24, 2.45) is 0 Å². The van der Waals surface area contributed by atoms with Crippen molar-refractivity contribution in [3.63, 3.8) is 0 Å². The van der Waals surface area contributed by atoms with Gasteiger partial charge in [0, 0.05) is 27.3 Å². The molecule has 6 rings (SSSR count). The number of para-hydroxylation sites is 2. The van der Waals surface area contributed by atoms with Crippen LogP contribution in [0.3, 0.4) is 0 Å². The van der Waals surface area contributed by atoms with Crippen LogP contribution in [0.1, 0.15) is 40.5 Å². The number of benzene rings is 3. The van der Waals surface area contributed by atoms with Gasteiger partial charge in [0.25, 0.3) is 5.91 Å². The number of nitrogens with zero attached hydrogens (tertiary/aromatic N) is 3. The summed E-state index contributed by atoms with van der Waals surface area (Å²) in [6, 6.07) is 26.6. The molecule has 7 heteroatoms. The van der Waals surface area contributed by atoms with Gasteiger partial charge in [-0.2, -0.15) is 0 Å². The van der Waals surface area contributed by atoms with Crippen LogP contribution >= 0.6 is 27.5 Å². The molecule has 2 amide bonds. The summed E-state index contributed by atoms with van der Waals surface area (Å²) in [4.78, 5) is 31.3. The fourth-order valence-corrected chi connectivity index (χ4v) is 5.51. The summed E-state index contributed by atoms with van der Waals surface area (Å²) in [5.74, 6) is -0.242. The maximum absolute atomic E-state index is 14.2. The fourth-order valence-electron chi connectivity index (χ4n) is 4.98. The first-order valence-corrected chi connectivity index (χ1v) is 13.1. The van der Waals surface area contributed by atoms with Crippen LogP contribution in [0.5, 0.6) is 0 Å². The molecule has 1 saturated carbocycles. The zero-order chi connectivity index (χ0) is 24.8. The Morgan fingerprint density at radius 3 is 2.39 bits per heavy atom. The summed E-state index contributed by atoms with van der Waals surface area (Å²) in [7, 11) is 0. The van der Waals surface area contributed by atoms with Crippen molar-refractivity contribution >= 4 is 45.0 Å². The lowest BCUT2D eigenvalue weighted by Gasteiger charge is -2.39. The van der Waals surface area contributed by atoms with Crippen molar-refractivity contribution in [2.75, 3.05) is 11.4 Å². The molecule has 0 bridgehead atoms. The van der Waals surface area contributed by atoms with Crippen LogP contribution in [0.25, 0.3) is 5.69 Å². The van der Waals surface area contributed by atoms with E-state index in [4.69, 9.17) is 11.6 Å². The molecule has 3 aromatic carbocycles. The van der Waals surface area contributed by atoms with E-state index in [-0.39, 0.29) is 30.4 Å². The van der Waals surface area contributed by atoms with E-state index in [0.717, 1.165) is 39.9 Å². The number of halogens is 2. The third-order valence-electron chi connectivity index (χ3n) is 6.80. The molecule has 36 heavy (non-hydrogen) atoms. The smallest absolute Gasteiger partial charge is 0.254 e. The van der Waals surface area contributed by atoms with Crippen LogP contribution in [0.4, 0.5) is 5.69 Å².